The molecule has 0 spiro atoms. The number of primary amides is 1. The number of hydrogen-bond acceptors (Lipinski definition) is 3. The lowest BCUT2D eigenvalue weighted by atomic mass is 10.2. The molecule has 4 N–H and O–H groups in total. The van der Waals surface area contributed by atoms with Crippen LogP contribution in [0.3, 0.4) is 0 Å². The summed E-state index contributed by atoms with van der Waals surface area (Å²) in [7, 11) is 0. The average Bonchev–Trinajstić information content (AvgIpc) is 2.16. The minimum absolute atomic E-state index is 0.0226. The SMILES string of the molecule is CC(Oc1cccc(F)c1C(N)=S)C(N)=O. The summed E-state index contributed by atoms with van der Waals surface area (Å²) in [5, 5.41) is 0. The van der Waals surface area contributed by atoms with Gasteiger partial charge in [-0.2, -0.15) is 0 Å². The van der Waals surface area contributed by atoms with E-state index in [2.05, 4.69) is 0 Å². The van der Waals surface area contributed by atoms with Gasteiger partial charge >= 0.3 is 0 Å². The van der Waals surface area contributed by atoms with Crippen LogP contribution in [-0.2, 0) is 4.79 Å². The highest BCUT2D eigenvalue weighted by molar-refractivity contribution is 7.80. The van der Waals surface area contributed by atoms with Gasteiger partial charge in [0.1, 0.15) is 16.6 Å². The normalized spacial score (nSPS) is 11.9. The smallest absolute Gasteiger partial charge is 0.258 e. The molecule has 0 radical (unpaired) electrons. The first-order chi connectivity index (χ1) is 7.43. The largest absolute Gasteiger partial charge is 0.480 e. The molecule has 16 heavy (non-hydrogen) atoms. The number of nitrogens with two attached hydrogens (primary N) is 2. The minimum atomic E-state index is -0.880. The van der Waals surface area contributed by atoms with Gasteiger partial charge in [-0.15, -0.1) is 0 Å². The lowest BCUT2D eigenvalue weighted by Crippen LogP contribution is -2.31. The van der Waals surface area contributed by atoms with E-state index in [-0.39, 0.29) is 16.3 Å². The minimum Gasteiger partial charge on any atom is -0.480 e. The molecule has 0 saturated carbocycles. The van der Waals surface area contributed by atoms with E-state index >= 15 is 0 Å². The summed E-state index contributed by atoms with van der Waals surface area (Å²) in [6.45, 7) is 1.45. The molecule has 0 saturated heterocycles. The Balaban J connectivity index is 3.09. The number of amides is 1. The number of carbonyl (C=O) groups is 1. The van der Waals surface area contributed by atoms with Crippen molar-refractivity contribution in [1.29, 1.82) is 0 Å². The van der Waals surface area contributed by atoms with Crippen molar-refractivity contribution in [3.8, 4) is 5.75 Å². The third-order valence-electron chi connectivity index (χ3n) is 1.93. The first kappa shape index (κ1) is 12.4. The summed E-state index contributed by atoms with van der Waals surface area (Å²) in [6, 6.07) is 4.10. The van der Waals surface area contributed by atoms with Crippen molar-refractivity contribution in [1.82, 2.24) is 0 Å². The van der Waals surface area contributed by atoms with Gasteiger partial charge in [0.05, 0.1) is 5.56 Å². The van der Waals surface area contributed by atoms with E-state index < -0.39 is 17.8 Å². The fourth-order valence-electron chi connectivity index (χ4n) is 1.09. The Morgan fingerprint density at radius 1 is 1.50 bits per heavy atom. The van der Waals surface area contributed by atoms with Crippen LogP contribution in [0.4, 0.5) is 4.39 Å². The lowest BCUT2D eigenvalue weighted by Gasteiger charge is -2.14. The van der Waals surface area contributed by atoms with Gasteiger partial charge in [-0.1, -0.05) is 18.3 Å². The summed E-state index contributed by atoms with van der Waals surface area (Å²) in [5.74, 6) is -1.14. The second-order valence-electron chi connectivity index (χ2n) is 3.14. The molecule has 0 aliphatic rings. The average molecular weight is 242 g/mol. The van der Waals surface area contributed by atoms with Crippen molar-refractivity contribution in [2.24, 2.45) is 11.5 Å². The maximum atomic E-state index is 13.4. The number of rotatable bonds is 4. The van der Waals surface area contributed by atoms with Crippen LogP contribution in [0.1, 0.15) is 12.5 Å². The molecule has 6 heteroatoms. The summed E-state index contributed by atoms with van der Waals surface area (Å²) in [4.78, 5) is 10.7. The van der Waals surface area contributed by atoms with Crippen LogP contribution in [0.5, 0.6) is 5.75 Å². The van der Waals surface area contributed by atoms with E-state index in [9.17, 15) is 9.18 Å². The lowest BCUT2D eigenvalue weighted by molar-refractivity contribution is -0.123. The molecule has 0 fully saturated rings. The van der Waals surface area contributed by atoms with Gasteiger partial charge < -0.3 is 16.2 Å². The molecular weight excluding hydrogens is 231 g/mol. The quantitative estimate of drug-likeness (QED) is 0.762. The molecule has 1 amide bonds. The summed E-state index contributed by atoms with van der Waals surface area (Å²) >= 11 is 4.70. The van der Waals surface area contributed by atoms with Crippen LogP contribution in [0.15, 0.2) is 18.2 Å². The van der Waals surface area contributed by atoms with Crippen LogP contribution in [0.25, 0.3) is 0 Å². The monoisotopic (exact) mass is 242 g/mol. The second kappa shape index (κ2) is 4.89. The standard InChI is InChI=1S/C10H11FN2O2S/c1-5(9(12)14)15-7-4-2-3-6(11)8(7)10(13)16/h2-5H,1H3,(H2,12,14)(H2,13,16). The van der Waals surface area contributed by atoms with E-state index in [4.69, 9.17) is 28.4 Å². The molecule has 1 aromatic carbocycles. The van der Waals surface area contributed by atoms with Crippen molar-refractivity contribution < 1.29 is 13.9 Å². The van der Waals surface area contributed by atoms with Gasteiger partial charge in [-0.3, -0.25) is 4.79 Å². The zero-order chi connectivity index (χ0) is 12.3. The highest BCUT2D eigenvalue weighted by atomic mass is 32.1. The number of ether oxygens (including phenoxy) is 1. The summed E-state index contributed by atoms with van der Waals surface area (Å²) < 4.78 is 18.6. The van der Waals surface area contributed by atoms with Crippen molar-refractivity contribution in [2.75, 3.05) is 0 Å². The topological polar surface area (TPSA) is 78.3 Å². The van der Waals surface area contributed by atoms with Crippen molar-refractivity contribution in [3.05, 3.63) is 29.6 Å². The third-order valence-corrected chi connectivity index (χ3v) is 2.13. The van der Waals surface area contributed by atoms with Crippen LogP contribution in [0.2, 0.25) is 0 Å². The molecule has 1 unspecified atom stereocenters. The van der Waals surface area contributed by atoms with E-state index in [1.54, 1.807) is 0 Å². The molecule has 1 rings (SSSR count). The zero-order valence-electron chi connectivity index (χ0n) is 8.57. The van der Waals surface area contributed by atoms with Crippen molar-refractivity contribution in [3.63, 3.8) is 0 Å². The maximum absolute atomic E-state index is 13.4. The van der Waals surface area contributed by atoms with E-state index in [0.29, 0.717) is 0 Å². The maximum Gasteiger partial charge on any atom is 0.258 e. The number of thiocarbonyl (C=S) groups is 1. The molecule has 0 bridgehead atoms. The molecule has 0 heterocycles. The van der Waals surface area contributed by atoms with E-state index in [0.717, 1.165) is 0 Å². The molecule has 86 valence electrons. The fourth-order valence-corrected chi connectivity index (χ4v) is 1.29. The number of benzene rings is 1. The Morgan fingerprint density at radius 3 is 2.62 bits per heavy atom. The Labute approximate surface area is 97.4 Å². The molecule has 4 nitrogen and oxygen atoms in total. The van der Waals surface area contributed by atoms with Gasteiger partial charge in [0, 0.05) is 0 Å². The molecule has 0 aliphatic heterocycles. The molecule has 1 aromatic rings. The molecular formula is C10H11FN2O2S. The van der Waals surface area contributed by atoms with Gasteiger partial charge in [0.25, 0.3) is 5.91 Å². The van der Waals surface area contributed by atoms with Crippen LogP contribution in [0, 0.1) is 5.82 Å². The summed E-state index contributed by atoms with van der Waals surface area (Å²) in [6.07, 6.45) is -0.880. The molecule has 0 aromatic heterocycles. The van der Waals surface area contributed by atoms with Crippen LogP contribution >= 0.6 is 12.2 Å². The number of halogens is 1. The predicted molar refractivity (Wildman–Crippen MR) is 61.6 cm³/mol. The fraction of sp³-hybridized carbons (Fsp3) is 0.200. The van der Waals surface area contributed by atoms with E-state index in [1.807, 2.05) is 0 Å². The highest BCUT2D eigenvalue weighted by Gasteiger charge is 2.16. The van der Waals surface area contributed by atoms with Gasteiger partial charge in [0.2, 0.25) is 0 Å². The number of hydrogen-bond donors (Lipinski definition) is 2. The van der Waals surface area contributed by atoms with Gasteiger partial charge in [-0.05, 0) is 19.1 Å². The van der Waals surface area contributed by atoms with Gasteiger partial charge in [-0.25, -0.2) is 4.39 Å². The van der Waals surface area contributed by atoms with Gasteiger partial charge in [0.15, 0.2) is 6.10 Å². The predicted octanol–water partition coefficient (Wildman–Crippen LogP) is 0.713. The highest BCUT2D eigenvalue weighted by Crippen LogP contribution is 2.22. The third kappa shape index (κ3) is 2.66. The first-order valence-corrected chi connectivity index (χ1v) is 4.88. The number of carbonyl (C=O) groups excluding carboxylic acids is 1. The Morgan fingerprint density at radius 2 is 2.12 bits per heavy atom. The van der Waals surface area contributed by atoms with Crippen molar-refractivity contribution in [2.45, 2.75) is 13.0 Å². The van der Waals surface area contributed by atoms with Crippen molar-refractivity contribution >= 4 is 23.1 Å². The Bertz CT molecular complexity index is 437. The van der Waals surface area contributed by atoms with Crippen LogP contribution < -0.4 is 16.2 Å². The van der Waals surface area contributed by atoms with E-state index in [1.165, 1.54) is 25.1 Å². The summed E-state index contributed by atoms with van der Waals surface area (Å²) in [5.41, 5.74) is 10.4. The first-order valence-electron chi connectivity index (χ1n) is 4.47. The zero-order valence-corrected chi connectivity index (χ0v) is 9.38. The Hall–Kier alpha value is -1.69. The second-order valence-corrected chi connectivity index (χ2v) is 3.58. The molecule has 1 atom stereocenters. The van der Waals surface area contributed by atoms with Crippen LogP contribution in [-0.4, -0.2) is 17.0 Å². The Kier molecular flexibility index (Phi) is 3.78. The molecule has 0 aliphatic carbocycles.